The highest BCUT2D eigenvalue weighted by Crippen LogP contribution is 2.15. The molecule has 2 nitrogen and oxygen atoms in total. The van der Waals surface area contributed by atoms with Crippen molar-refractivity contribution in [2.24, 2.45) is 0 Å². The first-order valence-corrected chi connectivity index (χ1v) is 4.23. The molecular weight excluding hydrogens is 126 g/mol. The van der Waals surface area contributed by atoms with Crippen LogP contribution in [0.3, 0.4) is 0 Å². The van der Waals surface area contributed by atoms with Crippen molar-refractivity contribution in [1.82, 2.24) is 4.90 Å². The Morgan fingerprint density at radius 3 is 2.80 bits per heavy atom. The van der Waals surface area contributed by atoms with Gasteiger partial charge in [0, 0.05) is 6.04 Å². The third kappa shape index (κ3) is 1.70. The Hall–Kier alpha value is -0.0800. The summed E-state index contributed by atoms with van der Waals surface area (Å²) in [5.74, 6) is 0. The van der Waals surface area contributed by atoms with Crippen LogP contribution < -0.4 is 0 Å². The van der Waals surface area contributed by atoms with Gasteiger partial charge in [-0.1, -0.05) is 13.3 Å². The molecule has 10 heavy (non-hydrogen) atoms. The molecule has 1 atom stereocenters. The molecule has 1 aliphatic heterocycles. The topological polar surface area (TPSA) is 23.5 Å². The summed E-state index contributed by atoms with van der Waals surface area (Å²) < 4.78 is 0. The first kappa shape index (κ1) is 8.02. The summed E-state index contributed by atoms with van der Waals surface area (Å²) in [5, 5.41) is 8.95. The molecule has 0 aromatic heterocycles. The van der Waals surface area contributed by atoms with Crippen molar-refractivity contribution in [1.29, 1.82) is 0 Å². The highest BCUT2D eigenvalue weighted by Gasteiger charge is 2.18. The average Bonchev–Trinajstić information content (AvgIpc) is 2.04. The zero-order valence-electron chi connectivity index (χ0n) is 6.71. The Kier molecular flexibility index (Phi) is 3.16. The van der Waals surface area contributed by atoms with Crippen LogP contribution in [0.4, 0.5) is 0 Å². The van der Waals surface area contributed by atoms with E-state index in [4.69, 9.17) is 5.11 Å². The minimum atomic E-state index is 0.341. The van der Waals surface area contributed by atoms with Gasteiger partial charge in [-0.3, -0.25) is 4.90 Å². The molecule has 60 valence electrons. The molecule has 1 unspecified atom stereocenters. The van der Waals surface area contributed by atoms with E-state index in [0.29, 0.717) is 12.6 Å². The van der Waals surface area contributed by atoms with Crippen LogP contribution in [-0.2, 0) is 0 Å². The third-order valence-electron chi connectivity index (χ3n) is 2.37. The molecule has 1 N–H and O–H groups in total. The van der Waals surface area contributed by atoms with Crippen LogP contribution in [0.1, 0.15) is 26.2 Å². The van der Waals surface area contributed by atoms with E-state index >= 15 is 0 Å². The molecule has 0 radical (unpaired) electrons. The van der Waals surface area contributed by atoms with Gasteiger partial charge in [-0.2, -0.15) is 0 Å². The predicted octanol–water partition coefficient (Wildman–Crippen LogP) is 0.853. The number of aliphatic hydroxyl groups excluding tert-OH is 1. The lowest BCUT2D eigenvalue weighted by Crippen LogP contribution is -2.41. The fourth-order valence-corrected chi connectivity index (χ4v) is 1.68. The van der Waals surface area contributed by atoms with E-state index in [1.807, 2.05) is 0 Å². The zero-order valence-corrected chi connectivity index (χ0v) is 6.71. The monoisotopic (exact) mass is 143 g/mol. The molecular formula is C8H17NO. The molecule has 1 fully saturated rings. The molecule has 1 aliphatic rings. The van der Waals surface area contributed by atoms with E-state index in [1.54, 1.807) is 0 Å². The van der Waals surface area contributed by atoms with E-state index in [1.165, 1.54) is 25.8 Å². The highest BCUT2D eigenvalue weighted by atomic mass is 16.3. The van der Waals surface area contributed by atoms with Gasteiger partial charge in [-0.15, -0.1) is 0 Å². The van der Waals surface area contributed by atoms with Crippen LogP contribution in [-0.4, -0.2) is 35.7 Å². The number of nitrogens with zero attached hydrogens (tertiary/aromatic N) is 1. The highest BCUT2D eigenvalue weighted by molar-refractivity contribution is 4.74. The van der Waals surface area contributed by atoms with Crippen molar-refractivity contribution in [2.45, 2.75) is 32.2 Å². The predicted molar refractivity (Wildman–Crippen MR) is 42.0 cm³/mol. The number of piperidine rings is 1. The van der Waals surface area contributed by atoms with E-state index in [2.05, 4.69) is 11.8 Å². The normalized spacial score (nSPS) is 28.8. The summed E-state index contributed by atoms with van der Waals surface area (Å²) in [4.78, 5) is 2.36. The van der Waals surface area contributed by atoms with Crippen LogP contribution in [0.25, 0.3) is 0 Å². The lowest BCUT2D eigenvalue weighted by molar-refractivity contribution is 0.0953. The molecule has 0 aromatic rings. The van der Waals surface area contributed by atoms with Crippen molar-refractivity contribution in [2.75, 3.05) is 19.7 Å². The van der Waals surface area contributed by atoms with Gasteiger partial charge in [0.25, 0.3) is 0 Å². The molecule has 0 bridgehead atoms. The average molecular weight is 143 g/mol. The summed E-state index contributed by atoms with van der Waals surface area (Å²) in [6.45, 7) is 4.77. The van der Waals surface area contributed by atoms with Gasteiger partial charge in [0.15, 0.2) is 0 Å². The molecule has 1 heterocycles. The van der Waals surface area contributed by atoms with E-state index in [9.17, 15) is 0 Å². The maximum absolute atomic E-state index is 8.95. The fraction of sp³-hybridized carbons (Fsp3) is 1.00. The molecule has 2 heteroatoms. The molecule has 1 saturated heterocycles. The van der Waals surface area contributed by atoms with Crippen LogP contribution >= 0.6 is 0 Å². The number of aliphatic hydroxyl groups is 1. The van der Waals surface area contributed by atoms with Crippen molar-refractivity contribution in [3.8, 4) is 0 Å². The van der Waals surface area contributed by atoms with Crippen molar-refractivity contribution in [3.63, 3.8) is 0 Å². The van der Waals surface area contributed by atoms with Gasteiger partial charge >= 0.3 is 0 Å². The Balaban J connectivity index is 2.34. The van der Waals surface area contributed by atoms with Gasteiger partial charge in [0.2, 0.25) is 0 Å². The largest absolute Gasteiger partial charge is 0.395 e. The number of hydrogen-bond donors (Lipinski definition) is 1. The van der Waals surface area contributed by atoms with E-state index in [0.717, 1.165) is 6.54 Å². The summed E-state index contributed by atoms with van der Waals surface area (Å²) in [6, 6.07) is 0.457. The second kappa shape index (κ2) is 3.94. The summed E-state index contributed by atoms with van der Waals surface area (Å²) in [7, 11) is 0. The van der Waals surface area contributed by atoms with Crippen LogP contribution in [0.15, 0.2) is 0 Å². The quantitative estimate of drug-likeness (QED) is 0.619. The molecule has 0 saturated carbocycles. The minimum Gasteiger partial charge on any atom is -0.395 e. The lowest BCUT2D eigenvalue weighted by atomic mass is 10.0. The number of likely N-dealkylation sites (N-methyl/N-ethyl adjacent to an activating group) is 1. The van der Waals surface area contributed by atoms with Crippen molar-refractivity contribution < 1.29 is 5.11 Å². The van der Waals surface area contributed by atoms with E-state index in [-0.39, 0.29) is 0 Å². The van der Waals surface area contributed by atoms with Crippen LogP contribution in [0.2, 0.25) is 0 Å². The summed E-state index contributed by atoms with van der Waals surface area (Å²) in [6.07, 6.45) is 3.79. The van der Waals surface area contributed by atoms with Gasteiger partial charge in [-0.05, 0) is 25.9 Å². The Morgan fingerprint density at radius 1 is 1.50 bits per heavy atom. The summed E-state index contributed by atoms with van der Waals surface area (Å²) >= 11 is 0. The van der Waals surface area contributed by atoms with Gasteiger partial charge in [0.05, 0.1) is 6.61 Å². The van der Waals surface area contributed by atoms with Gasteiger partial charge < -0.3 is 5.11 Å². The fourth-order valence-electron chi connectivity index (χ4n) is 1.68. The van der Waals surface area contributed by atoms with Crippen molar-refractivity contribution >= 4 is 0 Å². The Bertz CT molecular complexity index is 83.3. The first-order valence-electron chi connectivity index (χ1n) is 4.23. The second-order valence-corrected chi connectivity index (χ2v) is 2.96. The second-order valence-electron chi connectivity index (χ2n) is 2.96. The minimum absolute atomic E-state index is 0.341. The first-order chi connectivity index (χ1) is 4.88. The Labute approximate surface area is 62.8 Å². The van der Waals surface area contributed by atoms with Crippen LogP contribution in [0.5, 0.6) is 0 Å². The van der Waals surface area contributed by atoms with Crippen LogP contribution in [0, 0.1) is 0 Å². The molecule has 0 spiro atoms. The van der Waals surface area contributed by atoms with E-state index < -0.39 is 0 Å². The summed E-state index contributed by atoms with van der Waals surface area (Å²) in [5.41, 5.74) is 0. The Morgan fingerprint density at radius 2 is 2.30 bits per heavy atom. The maximum atomic E-state index is 8.95. The molecule has 1 rings (SSSR count). The number of rotatable bonds is 2. The van der Waals surface area contributed by atoms with Gasteiger partial charge in [0.1, 0.15) is 0 Å². The number of likely N-dealkylation sites (tertiary alicyclic amines) is 1. The molecule has 0 aromatic carbocycles. The molecule has 0 aliphatic carbocycles. The third-order valence-corrected chi connectivity index (χ3v) is 2.37. The molecule has 0 amide bonds. The smallest absolute Gasteiger partial charge is 0.0586 e. The SMILES string of the molecule is CCN1CCCCC1CO. The standard InChI is InChI=1S/C8H17NO/c1-2-9-6-4-3-5-8(9)7-10/h8,10H,2-7H2,1H3. The lowest BCUT2D eigenvalue weighted by Gasteiger charge is -2.33. The zero-order chi connectivity index (χ0) is 7.40. The van der Waals surface area contributed by atoms with Gasteiger partial charge in [-0.25, -0.2) is 0 Å². The maximum Gasteiger partial charge on any atom is 0.0586 e. The van der Waals surface area contributed by atoms with Crippen molar-refractivity contribution in [3.05, 3.63) is 0 Å². The number of hydrogen-bond acceptors (Lipinski definition) is 2.